The first-order valence-corrected chi connectivity index (χ1v) is 6.90. The lowest BCUT2D eigenvalue weighted by Gasteiger charge is -2.39. The van der Waals surface area contributed by atoms with E-state index in [2.05, 4.69) is 30.5 Å². The highest BCUT2D eigenvalue weighted by molar-refractivity contribution is 5.40. The molecule has 1 heterocycles. The van der Waals surface area contributed by atoms with Crippen LogP contribution in [-0.4, -0.2) is 29.5 Å². The number of anilines is 1. The van der Waals surface area contributed by atoms with Crippen molar-refractivity contribution < 1.29 is 4.74 Å². The molecule has 1 saturated carbocycles. The summed E-state index contributed by atoms with van der Waals surface area (Å²) in [5, 5.41) is 7.98. The van der Waals surface area contributed by atoms with E-state index in [0.717, 1.165) is 12.2 Å². The molecule has 4 heteroatoms. The molecule has 0 aliphatic heterocycles. The summed E-state index contributed by atoms with van der Waals surface area (Å²) < 4.78 is 6.99. The van der Waals surface area contributed by atoms with Crippen LogP contribution >= 0.6 is 0 Å². The SMILES string of the molecule is COCCn1cc(NC2CCCCC2(C)C)cn1. The molecule has 1 atom stereocenters. The first kappa shape index (κ1) is 13.4. The van der Waals surface area contributed by atoms with Gasteiger partial charge >= 0.3 is 0 Å². The Kier molecular flexibility index (Phi) is 4.27. The predicted octanol–water partition coefficient (Wildman–Crippen LogP) is 2.91. The monoisotopic (exact) mass is 251 g/mol. The topological polar surface area (TPSA) is 39.1 Å². The Labute approximate surface area is 110 Å². The predicted molar refractivity (Wildman–Crippen MR) is 73.8 cm³/mol. The third-order valence-corrected chi connectivity index (χ3v) is 4.01. The lowest BCUT2D eigenvalue weighted by atomic mass is 9.73. The molecule has 0 aromatic carbocycles. The van der Waals surface area contributed by atoms with Gasteiger partial charge in [0.25, 0.3) is 0 Å². The van der Waals surface area contributed by atoms with E-state index in [0.29, 0.717) is 18.1 Å². The lowest BCUT2D eigenvalue weighted by molar-refractivity contribution is 0.183. The minimum atomic E-state index is 0.382. The molecular formula is C14H25N3O. The van der Waals surface area contributed by atoms with Crippen molar-refractivity contribution in [3.8, 4) is 0 Å². The van der Waals surface area contributed by atoms with Gasteiger partial charge in [0.05, 0.1) is 25.0 Å². The molecule has 1 aromatic heterocycles. The zero-order chi connectivity index (χ0) is 13.0. The highest BCUT2D eigenvalue weighted by atomic mass is 16.5. The zero-order valence-electron chi connectivity index (χ0n) is 11.8. The Morgan fingerprint density at radius 2 is 2.33 bits per heavy atom. The lowest BCUT2D eigenvalue weighted by Crippen LogP contribution is -2.38. The van der Waals surface area contributed by atoms with Gasteiger partial charge in [-0.15, -0.1) is 0 Å². The largest absolute Gasteiger partial charge is 0.383 e. The van der Waals surface area contributed by atoms with Crippen LogP contribution in [0.3, 0.4) is 0 Å². The van der Waals surface area contributed by atoms with Crippen molar-refractivity contribution in [3.63, 3.8) is 0 Å². The molecule has 4 nitrogen and oxygen atoms in total. The smallest absolute Gasteiger partial charge is 0.0728 e. The van der Waals surface area contributed by atoms with Crippen LogP contribution in [-0.2, 0) is 11.3 Å². The Morgan fingerprint density at radius 1 is 1.50 bits per heavy atom. The molecule has 0 spiro atoms. The summed E-state index contributed by atoms with van der Waals surface area (Å²) in [6, 6.07) is 0.561. The molecule has 0 bridgehead atoms. The Morgan fingerprint density at radius 3 is 3.06 bits per heavy atom. The summed E-state index contributed by atoms with van der Waals surface area (Å²) in [7, 11) is 1.72. The molecule has 0 radical (unpaired) electrons. The van der Waals surface area contributed by atoms with E-state index < -0.39 is 0 Å². The molecule has 1 N–H and O–H groups in total. The Balaban J connectivity index is 1.94. The molecule has 1 aliphatic carbocycles. The molecule has 102 valence electrons. The van der Waals surface area contributed by atoms with Crippen LogP contribution in [0.25, 0.3) is 0 Å². The van der Waals surface area contributed by atoms with E-state index >= 15 is 0 Å². The second kappa shape index (κ2) is 5.74. The van der Waals surface area contributed by atoms with E-state index in [4.69, 9.17) is 4.74 Å². The van der Waals surface area contributed by atoms with Gasteiger partial charge in [0.2, 0.25) is 0 Å². The molecule has 18 heavy (non-hydrogen) atoms. The highest BCUT2D eigenvalue weighted by Gasteiger charge is 2.32. The molecule has 1 aromatic rings. The van der Waals surface area contributed by atoms with Crippen molar-refractivity contribution >= 4 is 5.69 Å². The molecule has 1 unspecified atom stereocenters. The first-order valence-electron chi connectivity index (χ1n) is 6.90. The number of rotatable bonds is 5. The van der Waals surface area contributed by atoms with Crippen LogP contribution in [0.5, 0.6) is 0 Å². The molecule has 1 fully saturated rings. The highest BCUT2D eigenvalue weighted by Crippen LogP contribution is 2.37. The molecule has 0 amide bonds. The third kappa shape index (κ3) is 3.25. The Bertz CT molecular complexity index is 373. The second-order valence-corrected chi connectivity index (χ2v) is 5.92. The summed E-state index contributed by atoms with van der Waals surface area (Å²) in [6.07, 6.45) is 9.25. The fraction of sp³-hybridized carbons (Fsp3) is 0.786. The van der Waals surface area contributed by atoms with Gasteiger partial charge in [-0.2, -0.15) is 5.10 Å². The van der Waals surface area contributed by atoms with Crippen molar-refractivity contribution in [1.82, 2.24) is 9.78 Å². The molecular weight excluding hydrogens is 226 g/mol. The van der Waals surface area contributed by atoms with Crippen LogP contribution < -0.4 is 5.32 Å². The van der Waals surface area contributed by atoms with Crippen molar-refractivity contribution in [3.05, 3.63) is 12.4 Å². The van der Waals surface area contributed by atoms with Gasteiger partial charge in [-0.3, -0.25) is 4.68 Å². The van der Waals surface area contributed by atoms with Gasteiger partial charge < -0.3 is 10.1 Å². The number of ether oxygens (including phenoxy) is 1. The van der Waals surface area contributed by atoms with Crippen molar-refractivity contribution in [1.29, 1.82) is 0 Å². The number of hydrogen-bond acceptors (Lipinski definition) is 3. The van der Waals surface area contributed by atoms with Gasteiger partial charge in [-0.1, -0.05) is 26.7 Å². The molecule has 1 aliphatic rings. The van der Waals surface area contributed by atoms with Crippen LogP contribution in [0.1, 0.15) is 39.5 Å². The normalized spacial score (nSPS) is 22.9. The maximum Gasteiger partial charge on any atom is 0.0728 e. The average molecular weight is 251 g/mol. The maximum atomic E-state index is 5.06. The summed E-state index contributed by atoms with van der Waals surface area (Å²) in [5.41, 5.74) is 1.51. The van der Waals surface area contributed by atoms with Gasteiger partial charge in [0.15, 0.2) is 0 Å². The first-order chi connectivity index (χ1) is 8.62. The minimum Gasteiger partial charge on any atom is -0.383 e. The fourth-order valence-corrected chi connectivity index (χ4v) is 2.71. The van der Waals surface area contributed by atoms with Gasteiger partial charge in [-0.05, 0) is 18.3 Å². The van der Waals surface area contributed by atoms with Gasteiger partial charge in [0.1, 0.15) is 0 Å². The van der Waals surface area contributed by atoms with E-state index in [1.807, 2.05) is 10.9 Å². The zero-order valence-corrected chi connectivity index (χ0v) is 11.8. The number of nitrogens with zero attached hydrogens (tertiary/aromatic N) is 2. The van der Waals surface area contributed by atoms with Crippen molar-refractivity contribution in [2.45, 2.75) is 52.1 Å². The minimum absolute atomic E-state index is 0.382. The number of nitrogens with one attached hydrogen (secondary N) is 1. The van der Waals surface area contributed by atoms with Crippen molar-refractivity contribution in [2.24, 2.45) is 5.41 Å². The third-order valence-electron chi connectivity index (χ3n) is 4.01. The van der Waals surface area contributed by atoms with Crippen LogP contribution in [0, 0.1) is 5.41 Å². The van der Waals surface area contributed by atoms with Crippen molar-refractivity contribution in [2.75, 3.05) is 19.0 Å². The number of hydrogen-bond donors (Lipinski definition) is 1. The van der Waals surface area contributed by atoms with E-state index in [1.165, 1.54) is 25.7 Å². The van der Waals surface area contributed by atoms with Gasteiger partial charge in [-0.25, -0.2) is 0 Å². The number of methoxy groups -OCH3 is 1. The molecule has 0 saturated heterocycles. The van der Waals surface area contributed by atoms with Crippen LogP contribution in [0.4, 0.5) is 5.69 Å². The van der Waals surface area contributed by atoms with Gasteiger partial charge in [0, 0.05) is 19.3 Å². The second-order valence-electron chi connectivity index (χ2n) is 5.92. The Hall–Kier alpha value is -1.03. The van der Waals surface area contributed by atoms with E-state index in [9.17, 15) is 0 Å². The number of aromatic nitrogens is 2. The summed E-state index contributed by atoms with van der Waals surface area (Å²) in [4.78, 5) is 0. The molecule has 2 rings (SSSR count). The van der Waals surface area contributed by atoms with E-state index in [1.54, 1.807) is 7.11 Å². The standard InChI is InChI=1S/C14H25N3O/c1-14(2)7-5-4-6-13(14)16-12-10-15-17(11-12)8-9-18-3/h10-11,13,16H,4-9H2,1-3H3. The fourth-order valence-electron chi connectivity index (χ4n) is 2.71. The van der Waals surface area contributed by atoms with Crippen LogP contribution in [0.2, 0.25) is 0 Å². The summed E-state index contributed by atoms with van der Waals surface area (Å²) >= 11 is 0. The van der Waals surface area contributed by atoms with Crippen LogP contribution in [0.15, 0.2) is 12.4 Å². The maximum absolute atomic E-state index is 5.06. The quantitative estimate of drug-likeness (QED) is 0.874. The summed E-state index contributed by atoms with van der Waals surface area (Å²) in [5.74, 6) is 0. The summed E-state index contributed by atoms with van der Waals surface area (Å²) in [6.45, 7) is 6.24. The van der Waals surface area contributed by atoms with E-state index in [-0.39, 0.29) is 0 Å². The average Bonchev–Trinajstić information content (AvgIpc) is 2.77.